The summed E-state index contributed by atoms with van der Waals surface area (Å²) in [4.78, 5) is 11.9. The third-order valence-corrected chi connectivity index (χ3v) is 3.69. The molecule has 1 nitrogen and oxygen atoms in total. The topological polar surface area (TPSA) is 17.1 Å². The zero-order valence-electron chi connectivity index (χ0n) is 8.60. The van der Waals surface area contributed by atoms with Crippen LogP contribution in [0.4, 0.5) is 0 Å². The maximum atomic E-state index is 11.9. The Bertz CT molecular complexity index is 405. The largest absolute Gasteiger partial charge is 0.299 e. The van der Waals surface area contributed by atoms with Crippen molar-refractivity contribution in [2.45, 2.75) is 18.8 Å². The minimum atomic E-state index is 0.231. The van der Waals surface area contributed by atoms with Crippen molar-refractivity contribution in [3.05, 3.63) is 48.0 Å². The molecule has 1 saturated carbocycles. The minimum absolute atomic E-state index is 0.231. The standard InChI is InChI=1S/C14H14O/c15-14-11-6-8-12(13(14)9-7-11)10-4-2-1-3-5-10/h1-6,8,11-13H,7,9H2/t11-,12+,13-/m0/s1. The summed E-state index contributed by atoms with van der Waals surface area (Å²) in [7, 11) is 0. The number of ketones is 1. The van der Waals surface area contributed by atoms with Gasteiger partial charge in [0.05, 0.1) is 0 Å². The van der Waals surface area contributed by atoms with Gasteiger partial charge in [-0.05, 0) is 18.4 Å². The summed E-state index contributed by atoms with van der Waals surface area (Å²) in [6.45, 7) is 0. The van der Waals surface area contributed by atoms with E-state index in [0.29, 0.717) is 11.7 Å². The molecule has 2 bridgehead atoms. The highest BCUT2D eigenvalue weighted by atomic mass is 16.1. The molecule has 0 aliphatic heterocycles. The molecule has 1 heteroatoms. The lowest BCUT2D eigenvalue weighted by Gasteiger charge is -2.23. The van der Waals surface area contributed by atoms with Gasteiger partial charge in [-0.25, -0.2) is 0 Å². The van der Waals surface area contributed by atoms with Gasteiger partial charge in [0.2, 0.25) is 0 Å². The molecule has 3 atom stereocenters. The highest BCUT2D eigenvalue weighted by Gasteiger charge is 2.40. The number of hydrogen-bond donors (Lipinski definition) is 0. The van der Waals surface area contributed by atoms with E-state index < -0.39 is 0 Å². The van der Waals surface area contributed by atoms with E-state index in [2.05, 4.69) is 36.4 Å². The van der Waals surface area contributed by atoms with Crippen LogP contribution in [0.3, 0.4) is 0 Å². The summed E-state index contributed by atoms with van der Waals surface area (Å²) in [5, 5.41) is 0. The van der Waals surface area contributed by atoms with E-state index in [1.54, 1.807) is 0 Å². The van der Waals surface area contributed by atoms with Gasteiger partial charge >= 0.3 is 0 Å². The van der Waals surface area contributed by atoms with Crippen LogP contribution in [0.5, 0.6) is 0 Å². The van der Waals surface area contributed by atoms with Crippen molar-refractivity contribution >= 4 is 5.78 Å². The SMILES string of the molecule is O=C1[C@H]2CC[C@@H]1C=C[C@@H]2c1ccccc1. The Morgan fingerprint density at radius 3 is 2.60 bits per heavy atom. The number of carbonyl (C=O) groups is 1. The second-order valence-corrected chi connectivity index (χ2v) is 4.51. The van der Waals surface area contributed by atoms with Gasteiger partial charge in [0, 0.05) is 17.8 Å². The Morgan fingerprint density at radius 1 is 1.00 bits per heavy atom. The van der Waals surface area contributed by atoms with E-state index in [4.69, 9.17) is 0 Å². The fourth-order valence-corrected chi connectivity index (χ4v) is 2.87. The van der Waals surface area contributed by atoms with Gasteiger partial charge in [0.15, 0.2) is 0 Å². The summed E-state index contributed by atoms with van der Waals surface area (Å²) >= 11 is 0. The molecular formula is C14H14O. The maximum absolute atomic E-state index is 11.9. The van der Waals surface area contributed by atoms with E-state index in [1.807, 2.05) is 6.07 Å². The van der Waals surface area contributed by atoms with Crippen LogP contribution in [0.1, 0.15) is 24.3 Å². The molecule has 0 N–H and O–H groups in total. The number of hydrogen-bond acceptors (Lipinski definition) is 1. The van der Waals surface area contributed by atoms with Crippen molar-refractivity contribution in [1.29, 1.82) is 0 Å². The summed E-state index contributed by atoms with van der Waals surface area (Å²) < 4.78 is 0. The van der Waals surface area contributed by atoms with E-state index in [-0.39, 0.29) is 11.8 Å². The third-order valence-electron chi connectivity index (χ3n) is 3.69. The number of allylic oxidation sites excluding steroid dienone is 2. The number of rotatable bonds is 1. The van der Waals surface area contributed by atoms with Gasteiger partial charge in [0.25, 0.3) is 0 Å². The molecule has 0 heterocycles. The van der Waals surface area contributed by atoms with Crippen molar-refractivity contribution in [1.82, 2.24) is 0 Å². The highest BCUT2D eigenvalue weighted by molar-refractivity contribution is 5.89. The third kappa shape index (κ3) is 1.34. The molecule has 76 valence electrons. The monoisotopic (exact) mass is 198 g/mol. The van der Waals surface area contributed by atoms with Crippen LogP contribution in [-0.4, -0.2) is 5.78 Å². The molecule has 2 aliphatic carbocycles. The summed E-state index contributed by atoms with van der Waals surface area (Å²) in [5.74, 6) is 1.28. The van der Waals surface area contributed by atoms with Gasteiger partial charge in [-0.15, -0.1) is 0 Å². The predicted molar refractivity (Wildman–Crippen MR) is 59.5 cm³/mol. The first-order chi connectivity index (χ1) is 7.36. The molecule has 15 heavy (non-hydrogen) atoms. The lowest BCUT2D eigenvalue weighted by molar-refractivity contribution is -0.123. The molecule has 0 aromatic heterocycles. The molecule has 1 aromatic carbocycles. The van der Waals surface area contributed by atoms with Gasteiger partial charge in [0.1, 0.15) is 5.78 Å². The van der Waals surface area contributed by atoms with Crippen LogP contribution in [-0.2, 0) is 4.79 Å². The first-order valence-corrected chi connectivity index (χ1v) is 5.63. The maximum Gasteiger partial charge on any atom is 0.143 e. The van der Waals surface area contributed by atoms with Gasteiger partial charge in [-0.1, -0.05) is 42.5 Å². The zero-order chi connectivity index (χ0) is 10.3. The first kappa shape index (κ1) is 8.90. The average molecular weight is 198 g/mol. The molecule has 1 aromatic rings. The second-order valence-electron chi connectivity index (χ2n) is 4.51. The number of carbonyl (C=O) groups excluding carboxylic acids is 1. The molecule has 0 unspecified atom stereocenters. The van der Waals surface area contributed by atoms with Crippen LogP contribution in [0.2, 0.25) is 0 Å². The Balaban J connectivity index is 1.98. The summed E-state index contributed by atoms with van der Waals surface area (Å²) in [6, 6.07) is 10.4. The highest BCUT2D eigenvalue weighted by Crippen LogP contribution is 2.43. The lowest BCUT2D eigenvalue weighted by Crippen LogP contribution is -2.22. The van der Waals surface area contributed by atoms with Crippen LogP contribution in [0.15, 0.2) is 42.5 Å². The van der Waals surface area contributed by atoms with Gasteiger partial charge in [-0.3, -0.25) is 4.79 Å². The quantitative estimate of drug-likeness (QED) is 0.634. The smallest absolute Gasteiger partial charge is 0.143 e. The molecule has 0 amide bonds. The van der Waals surface area contributed by atoms with E-state index in [9.17, 15) is 4.79 Å². The van der Waals surface area contributed by atoms with Gasteiger partial charge < -0.3 is 0 Å². The minimum Gasteiger partial charge on any atom is -0.299 e. The molecule has 0 saturated heterocycles. The Morgan fingerprint density at radius 2 is 1.80 bits per heavy atom. The molecule has 2 aliphatic rings. The van der Waals surface area contributed by atoms with E-state index in [0.717, 1.165) is 12.8 Å². The summed E-state index contributed by atoms with van der Waals surface area (Å²) in [6.07, 6.45) is 6.47. The van der Waals surface area contributed by atoms with Crippen molar-refractivity contribution in [3.8, 4) is 0 Å². The Hall–Kier alpha value is -1.37. The number of benzene rings is 1. The van der Waals surface area contributed by atoms with E-state index in [1.165, 1.54) is 5.56 Å². The molecular weight excluding hydrogens is 184 g/mol. The Labute approximate surface area is 89.8 Å². The van der Waals surface area contributed by atoms with Crippen LogP contribution >= 0.6 is 0 Å². The second kappa shape index (κ2) is 3.34. The lowest BCUT2D eigenvalue weighted by atomic mass is 9.80. The molecule has 3 rings (SSSR count). The zero-order valence-corrected chi connectivity index (χ0v) is 8.60. The molecule has 0 spiro atoms. The fraction of sp³-hybridized carbons (Fsp3) is 0.357. The van der Waals surface area contributed by atoms with Crippen LogP contribution < -0.4 is 0 Å². The molecule has 0 radical (unpaired) electrons. The first-order valence-electron chi connectivity index (χ1n) is 5.63. The van der Waals surface area contributed by atoms with Crippen molar-refractivity contribution < 1.29 is 4.79 Å². The number of fused-ring (bicyclic) bond motifs is 2. The van der Waals surface area contributed by atoms with Crippen molar-refractivity contribution in [2.24, 2.45) is 11.8 Å². The van der Waals surface area contributed by atoms with E-state index >= 15 is 0 Å². The average Bonchev–Trinajstić information content (AvgIpc) is 2.54. The number of Topliss-reactive ketones (excluding diaryl/α,β-unsaturated/α-hetero) is 1. The fourth-order valence-electron chi connectivity index (χ4n) is 2.87. The van der Waals surface area contributed by atoms with Crippen LogP contribution in [0, 0.1) is 11.8 Å². The normalized spacial score (nSPS) is 33.3. The van der Waals surface area contributed by atoms with Crippen molar-refractivity contribution in [2.75, 3.05) is 0 Å². The van der Waals surface area contributed by atoms with Gasteiger partial charge in [-0.2, -0.15) is 0 Å². The Kier molecular flexibility index (Phi) is 1.98. The molecule has 1 fully saturated rings. The predicted octanol–water partition coefficient (Wildman–Crippen LogP) is 2.94. The van der Waals surface area contributed by atoms with Crippen LogP contribution in [0.25, 0.3) is 0 Å². The summed E-state index contributed by atoms with van der Waals surface area (Å²) in [5.41, 5.74) is 1.28. The van der Waals surface area contributed by atoms with Crippen molar-refractivity contribution in [3.63, 3.8) is 0 Å².